The van der Waals surface area contributed by atoms with Gasteiger partial charge in [-0.05, 0) is 37.0 Å². The van der Waals surface area contributed by atoms with Crippen molar-refractivity contribution < 1.29 is 4.79 Å². The molecule has 0 bridgehead atoms. The van der Waals surface area contributed by atoms with Gasteiger partial charge in [-0.1, -0.05) is 6.07 Å². The molecule has 19 heavy (non-hydrogen) atoms. The molecule has 0 atom stereocenters. The highest BCUT2D eigenvalue weighted by molar-refractivity contribution is 5.92. The van der Waals surface area contributed by atoms with Gasteiger partial charge in [-0.25, -0.2) is 0 Å². The quantitative estimate of drug-likeness (QED) is 0.909. The fraction of sp³-hybridized carbons (Fsp3) is 0.357. The zero-order valence-electron chi connectivity index (χ0n) is 10.6. The van der Waals surface area contributed by atoms with Crippen molar-refractivity contribution in [1.82, 2.24) is 20.1 Å². The Morgan fingerprint density at radius 3 is 2.95 bits per heavy atom. The van der Waals surface area contributed by atoms with Crippen LogP contribution in [0, 0.1) is 0 Å². The molecule has 1 saturated carbocycles. The van der Waals surface area contributed by atoms with Gasteiger partial charge >= 0.3 is 0 Å². The maximum Gasteiger partial charge on any atom is 0.269 e. The average molecular weight is 256 g/mol. The van der Waals surface area contributed by atoms with Crippen LogP contribution in [0.4, 0.5) is 0 Å². The lowest BCUT2D eigenvalue weighted by atomic mass is 9.93. The summed E-state index contributed by atoms with van der Waals surface area (Å²) >= 11 is 0. The molecule has 1 aliphatic rings. The molecule has 0 aromatic carbocycles. The van der Waals surface area contributed by atoms with E-state index in [0.29, 0.717) is 18.3 Å². The van der Waals surface area contributed by atoms with Gasteiger partial charge < -0.3 is 5.32 Å². The molecule has 0 spiro atoms. The van der Waals surface area contributed by atoms with E-state index in [1.54, 1.807) is 24.7 Å². The highest BCUT2D eigenvalue weighted by Gasteiger charge is 2.24. The van der Waals surface area contributed by atoms with Gasteiger partial charge in [0.1, 0.15) is 5.69 Å². The molecule has 2 aromatic heterocycles. The van der Waals surface area contributed by atoms with Crippen molar-refractivity contribution in [1.29, 1.82) is 0 Å². The molecule has 98 valence electrons. The molecule has 2 aromatic rings. The Morgan fingerprint density at radius 1 is 1.37 bits per heavy atom. The van der Waals surface area contributed by atoms with Crippen molar-refractivity contribution in [3.05, 3.63) is 48.0 Å². The molecular weight excluding hydrogens is 240 g/mol. The van der Waals surface area contributed by atoms with E-state index in [4.69, 9.17) is 0 Å². The molecule has 0 saturated heterocycles. The minimum absolute atomic E-state index is 0.0757. The third-order valence-corrected chi connectivity index (χ3v) is 3.50. The van der Waals surface area contributed by atoms with Crippen LogP contribution < -0.4 is 5.32 Å². The summed E-state index contributed by atoms with van der Waals surface area (Å²) in [5.41, 5.74) is 1.64. The number of nitrogens with one attached hydrogen (secondary N) is 1. The van der Waals surface area contributed by atoms with Crippen LogP contribution in [-0.2, 0) is 6.54 Å². The topological polar surface area (TPSA) is 59.8 Å². The smallest absolute Gasteiger partial charge is 0.269 e. The second-order valence-electron chi connectivity index (χ2n) is 4.79. The third kappa shape index (κ3) is 2.50. The van der Waals surface area contributed by atoms with Crippen molar-refractivity contribution in [2.75, 3.05) is 0 Å². The molecular formula is C14H16N4O. The van der Waals surface area contributed by atoms with E-state index in [9.17, 15) is 4.79 Å². The third-order valence-electron chi connectivity index (χ3n) is 3.50. The first-order valence-electron chi connectivity index (χ1n) is 6.55. The van der Waals surface area contributed by atoms with Crippen LogP contribution in [0.3, 0.4) is 0 Å². The minimum atomic E-state index is -0.0757. The Morgan fingerprint density at radius 2 is 2.26 bits per heavy atom. The molecule has 0 aliphatic heterocycles. The zero-order valence-corrected chi connectivity index (χ0v) is 10.6. The number of amides is 1. The van der Waals surface area contributed by atoms with E-state index in [2.05, 4.69) is 15.4 Å². The molecule has 5 heteroatoms. The van der Waals surface area contributed by atoms with Gasteiger partial charge in [-0.3, -0.25) is 14.5 Å². The number of pyridine rings is 1. The standard InChI is InChI=1S/C14H16N4O/c19-14(16-10-11-3-2-7-15-9-11)13-6-8-17-18(13)12-4-1-5-12/h2-3,6-9,12H,1,4-5,10H2,(H,16,19). The number of carbonyl (C=O) groups is 1. The van der Waals surface area contributed by atoms with E-state index in [0.717, 1.165) is 18.4 Å². The Bertz CT molecular complexity index is 560. The maximum atomic E-state index is 12.2. The van der Waals surface area contributed by atoms with Gasteiger partial charge in [-0.2, -0.15) is 5.10 Å². The first-order valence-corrected chi connectivity index (χ1v) is 6.55. The zero-order chi connectivity index (χ0) is 13.1. The first kappa shape index (κ1) is 11.9. The number of hydrogen-bond donors (Lipinski definition) is 1. The summed E-state index contributed by atoms with van der Waals surface area (Å²) in [6.07, 6.45) is 8.62. The molecule has 5 nitrogen and oxygen atoms in total. The summed E-state index contributed by atoms with van der Waals surface area (Å²) in [5.74, 6) is -0.0757. The number of rotatable bonds is 4. The van der Waals surface area contributed by atoms with E-state index in [1.165, 1.54) is 6.42 Å². The minimum Gasteiger partial charge on any atom is -0.347 e. The Hall–Kier alpha value is -2.17. The second-order valence-corrected chi connectivity index (χ2v) is 4.79. The van der Waals surface area contributed by atoms with Gasteiger partial charge in [-0.15, -0.1) is 0 Å². The lowest BCUT2D eigenvalue weighted by Gasteiger charge is -2.27. The van der Waals surface area contributed by atoms with Crippen LogP contribution in [0.1, 0.15) is 41.4 Å². The van der Waals surface area contributed by atoms with Crippen molar-refractivity contribution >= 4 is 5.91 Å². The van der Waals surface area contributed by atoms with Crippen LogP contribution in [0.2, 0.25) is 0 Å². The summed E-state index contributed by atoms with van der Waals surface area (Å²) in [4.78, 5) is 16.2. The first-order chi connectivity index (χ1) is 9.34. The Kier molecular flexibility index (Phi) is 3.27. The SMILES string of the molecule is O=C(NCc1cccnc1)c1ccnn1C1CCC1. The Balaban J connectivity index is 1.65. The van der Waals surface area contributed by atoms with E-state index >= 15 is 0 Å². The molecule has 3 rings (SSSR count). The predicted octanol–water partition coefficient (Wildman–Crippen LogP) is 1.93. The monoisotopic (exact) mass is 256 g/mol. The highest BCUT2D eigenvalue weighted by Crippen LogP contribution is 2.31. The van der Waals surface area contributed by atoms with E-state index in [-0.39, 0.29) is 5.91 Å². The van der Waals surface area contributed by atoms with E-state index in [1.807, 2.05) is 16.8 Å². The maximum absolute atomic E-state index is 12.2. The van der Waals surface area contributed by atoms with E-state index < -0.39 is 0 Å². The number of hydrogen-bond acceptors (Lipinski definition) is 3. The normalized spacial score (nSPS) is 14.9. The van der Waals surface area contributed by atoms with Gasteiger partial charge in [0.15, 0.2) is 0 Å². The number of carbonyl (C=O) groups excluding carboxylic acids is 1. The predicted molar refractivity (Wildman–Crippen MR) is 70.5 cm³/mol. The molecule has 1 amide bonds. The van der Waals surface area contributed by atoms with Crippen LogP contribution in [0.15, 0.2) is 36.8 Å². The Labute approximate surface area is 111 Å². The second kappa shape index (κ2) is 5.22. The summed E-state index contributed by atoms with van der Waals surface area (Å²) in [7, 11) is 0. The summed E-state index contributed by atoms with van der Waals surface area (Å²) in [6.45, 7) is 0.489. The number of aromatic nitrogens is 3. The van der Waals surface area contributed by atoms with Gasteiger partial charge in [0.05, 0.1) is 6.04 Å². The van der Waals surface area contributed by atoms with Crippen molar-refractivity contribution in [3.63, 3.8) is 0 Å². The molecule has 0 radical (unpaired) electrons. The van der Waals surface area contributed by atoms with Crippen molar-refractivity contribution in [2.24, 2.45) is 0 Å². The van der Waals surface area contributed by atoms with Crippen LogP contribution in [-0.4, -0.2) is 20.7 Å². The highest BCUT2D eigenvalue weighted by atomic mass is 16.2. The van der Waals surface area contributed by atoms with Crippen molar-refractivity contribution in [3.8, 4) is 0 Å². The summed E-state index contributed by atoms with van der Waals surface area (Å²) < 4.78 is 1.85. The lowest BCUT2D eigenvalue weighted by Crippen LogP contribution is -2.29. The van der Waals surface area contributed by atoms with Crippen LogP contribution in [0.5, 0.6) is 0 Å². The number of nitrogens with zero attached hydrogens (tertiary/aromatic N) is 3. The summed E-state index contributed by atoms with van der Waals surface area (Å²) in [6, 6.07) is 5.97. The molecule has 1 aliphatic carbocycles. The molecule has 1 fully saturated rings. The molecule has 1 N–H and O–H groups in total. The molecule has 0 unspecified atom stereocenters. The largest absolute Gasteiger partial charge is 0.347 e. The average Bonchev–Trinajstić information content (AvgIpc) is 2.84. The van der Waals surface area contributed by atoms with Crippen molar-refractivity contribution in [2.45, 2.75) is 31.8 Å². The lowest BCUT2D eigenvalue weighted by molar-refractivity contribution is 0.0932. The fourth-order valence-electron chi connectivity index (χ4n) is 2.19. The van der Waals surface area contributed by atoms with Gasteiger partial charge in [0, 0.05) is 25.1 Å². The fourth-order valence-corrected chi connectivity index (χ4v) is 2.19. The van der Waals surface area contributed by atoms with Gasteiger partial charge in [0.25, 0.3) is 5.91 Å². The van der Waals surface area contributed by atoms with Crippen LogP contribution >= 0.6 is 0 Å². The van der Waals surface area contributed by atoms with Crippen LogP contribution in [0.25, 0.3) is 0 Å². The summed E-state index contributed by atoms with van der Waals surface area (Å²) in [5, 5.41) is 7.16. The van der Waals surface area contributed by atoms with Gasteiger partial charge in [0.2, 0.25) is 0 Å². The molecule has 2 heterocycles.